The summed E-state index contributed by atoms with van der Waals surface area (Å²) in [6, 6.07) is 4.30. The molecule has 1 fully saturated rings. The van der Waals surface area contributed by atoms with Gasteiger partial charge in [0.2, 0.25) is 0 Å². The third-order valence-electron chi connectivity index (χ3n) is 3.41. The molecule has 0 bridgehead atoms. The molecule has 0 saturated carbocycles. The highest BCUT2D eigenvalue weighted by molar-refractivity contribution is 9.11. The zero-order valence-electron chi connectivity index (χ0n) is 11.3. The van der Waals surface area contributed by atoms with E-state index in [1.54, 1.807) is 11.3 Å². The van der Waals surface area contributed by atoms with Crippen LogP contribution in [0.25, 0.3) is 9.88 Å². The highest BCUT2D eigenvalue weighted by Gasteiger charge is 2.25. The number of amides is 1. The molecule has 2 aromatic heterocycles. The van der Waals surface area contributed by atoms with Crippen LogP contribution in [0.3, 0.4) is 0 Å². The quantitative estimate of drug-likeness (QED) is 0.845. The lowest BCUT2D eigenvalue weighted by Crippen LogP contribution is -2.38. The highest BCUT2D eigenvalue weighted by atomic mass is 79.9. The van der Waals surface area contributed by atoms with Gasteiger partial charge < -0.3 is 10.2 Å². The normalized spacial score (nSPS) is 17.5. The van der Waals surface area contributed by atoms with Gasteiger partial charge in [-0.2, -0.15) is 0 Å². The van der Waals surface area contributed by atoms with Gasteiger partial charge in [0.25, 0.3) is 5.91 Å². The second kappa shape index (κ2) is 7.19. The van der Waals surface area contributed by atoms with Gasteiger partial charge in [-0.25, -0.2) is 4.98 Å². The van der Waals surface area contributed by atoms with Gasteiger partial charge in [0, 0.05) is 25.0 Å². The molecule has 1 saturated heterocycles. The smallest absolute Gasteiger partial charge is 0.273 e. The summed E-state index contributed by atoms with van der Waals surface area (Å²) < 4.78 is 1.07. The molecule has 2 aromatic rings. The van der Waals surface area contributed by atoms with E-state index < -0.39 is 0 Å². The first-order valence-electron chi connectivity index (χ1n) is 6.34. The Hall–Kier alpha value is -0.470. The van der Waals surface area contributed by atoms with Crippen LogP contribution < -0.4 is 5.32 Å². The van der Waals surface area contributed by atoms with Crippen LogP contribution in [0, 0.1) is 0 Å². The van der Waals surface area contributed by atoms with Crippen LogP contribution in [0.1, 0.15) is 16.9 Å². The summed E-state index contributed by atoms with van der Waals surface area (Å²) >= 11 is 6.60. The zero-order chi connectivity index (χ0) is 14.1. The van der Waals surface area contributed by atoms with Crippen molar-refractivity contribution in [1.82, 2.24) is 15.2 Å². The number of halogens is 2. The van der Waals surface area contributed by atoms with Crippen LogP contribution in [-0.4, -0.2) is 42.0 Å². The number of rotatable bonds is 3. The van der Waals surface area contributed by atoms with Gasteiger partial charge in [0.1, 0.15) is 10.7 Å². The summed E-state index contributed by atoms with van der Waals surface area (Å²) in [7, 11) is 1.86. The summed E-state index contributed by atoms with van der Waals surface area (Å²) in [6.45, 7) is 1.85. The molecule has 3 rings (SSSR count). The van der Waals surface area contributed by atoms with Crippen molar-refractivity contribution in [2.75, 3.05) is 20.1 Å². The molecule has 1 N–H and O–H groups in total. The Morgan fingerprint density at radius 2 is 2.33 bits per heavy atom. The molecule has 0 spiro atoms. The first kappa shape index (κ1) is 16.9. The van der Waals surface area contributed by atoms with Crippen LogP contribution in [-0.2, 0) is 0 Å². The van der Waals surface area contributed by atoms with Crippen LogP contribution in [0.15, 0.2) is 21.3 Å². The average molecular weight is 409 g/mol. The summed E-state index contributed by atoms with van der Waals surface area (Å²) in [5, 5.41) is 6.03. The number of carbonyl (C=O) groups excluding carboxylic acids is 1. The molecule has 21 heavy (non-hydrogen) atoms. The molecular weight excluding hydrogens is 394 g/mol. The topological polar surface area (TPSA) is 45.2 Å². The van der Waals surface area contributed by atoms with Crippen molar-refractivity contribution >= 4 is 56.9 Å². The van der Waals surface area contributed by atoms with Gasteiger partial charge >= 0.3 is 0 Å². The maximum atomic E-state index is 12.4. The van der Waals surface area contributed by atoms with Crippen molar-refractivity contribution in [1.29, 1.82) is 0 Å². The lowest BCUT2D eigenvalue weighted by atomic mass is 10.2. The monoisotopic (exact) mass is 407 g/mol. The molecular formula is C13H15BrClN3OS2. The number of aromatic nitrogens is 1. The zero-order valence-corrected chi connectivity index (χ0v) is 15.4. The molecule has 0 radical (unpaired) electrons. The molecule has 0 aromatic carbocycles. The van der Waals surface area contributed by atoms with Crippen molar-refractivity contribution < 1.29 is 4.79 Å². The summed E-state index contributed by atoms with van der Waals surface area (Å²) in [5.74, 6) is 0.0109. The maximum absolute atomic E-state index is 12.4. The third kappa shape index (κ3) is 3.65. The Bertz CT molecular complexity index is 624. The van der Waals surface area contributed by atoms with E-state index in [1.165, 1.54) is 11.3 Å². The molecule has 114 valence electrons. The van der Waals surface area contributed by atoms with Crippen molar-refractivity contribution in [2.45, 2.75) is 12.5 Å². The number of likely N-dealkylation sites (N-methyl/N-ethyl adjacent to an activating group) is 1. The van der Waals surface area contributed by atoms with E-state index in [0.717, 1.165) is 33.2 Å². The standard InChI is InChI=1S/C13H14BrN3OS2.ClH/c1-17(8-4-5-15-6-8)13(18)9-7-19-12(16-9)10-2-3-11(14)20-10;/h2-3,7-8,15H,4-6H2,1H3;1H. The van der Waals surface area contributed by atoms with E-state index in [9.17, 15) is 4.79 Å². The lowest BCUT2D eigenvalue weighted by Gasteiger charge is -2.22. The minimum Gasteiger partial charge on any atom is -0.336 e. The molecule has 0 aliphatic carbocycles. The van der Waals surface area contributed by atoms with E-state index >= 15 is 0 Å². The second-order valence-electron chi connectivity index (χ2n) is 4.70. The first-order valence-corrected chi connectivity index (χ1v) is 8.83. The van der Waals surface area contributed by atoms with Gasteiger partial charge in [-0.15, -0.1) is 35.1 Å². The van der Waals surface area contributed by atoms with Crippen LogP contribution in [0.2, 0.25) is 0 Å². The number of thiophene rings is 1. The van der Waals surface area contributed by atoms with Gasteiger partial charge in [0.05, 0.1) is 8.66 Å². The Morgan fingerprint density at radius 3 is 2.95 bits per heavy atom. The number of nitrogens with one attached hydrogen (secondary N) is 1. The number of thiazole rings is 1. The number of carbonyl (C=O) groups is 1. The van der Waals surface area contributed by atoms with E-state index in [0.29, 0.717) is 5.69 Å². The number of nitrogens with zero attached hydrogens (tertiary/aromatic N) is 2. The van der Waals surface area contributed by atoms with Crippen molar-refractivity contribution in [3.8, 4) is 9.88 Å². The van der Waals surface area contributed by atoms with E-state index in [4.69, 9.17) is 0 Å². The van der Waals surface area contributed by atoms with Crippen molar-refractivity contribution in [2.24, 2.45) is 0 Å². The number of hydrogen-bond donors (Lipinski definition) is 1. The third-order valence-corrected chi connectivity index (χ3v) is 6.04. The molecule has 8 heteroatoms. The predicted molar refractivity (Wildman–Crippen MR) is 93.7 cm³/mol. The summed E-state index contributed by atoms with van der Waals surface area (Å²) in [6.07, 6.45) is 1.01. The van der Waals surface area contributed by atoms with Crippen LogP contribution >= 0.6 is 51.0 Å². The Morgan fingerprint density at radius 1 is 1.52 bits per heavy atom. The van der Waals surface area contributed by atoms with Crippen LogP contribution in [0.5, 0.6) is 0 Å². The minimum absolute atomic E-state index is 0. The molecule has 4 nitrogen and oxygen atoms in total. The fourth-order valence-corrected chi connectivity index (χ4v) is 4.48. The van der Waals surface area contributed by atoms with Gasteiger partial charge in [0.15, 0.2) is 0 Å². The van der Waals surface area contributed by atoms with E-state index in [1.807, 2.05) is 29.5 Å². The SMILES string of the molecule is CN(C(=O)c1csc(-c2ccc(Br)s2)n1)C1CCNC1.Cl. The van der Waals surface area contributed by atoms with E-state index in [-0.39, 0.29) is 24.4 Å². The first-order chi connectivity index (χ1) is 9.65. The van der Waals surface area contributed by atoms with Crippen LogP contribution in [0.4, 0.5) is 0 Å². The summed E-state index contributed by atoms with van der Waals surface area (Å²) in [4.78, 5) is 19.8. The van der Waals surface area contributed by atoms with Crippen molar-refractivity contribution in [3.05, 3.63) is 27.0 Å². The van der Waals surface area contributed by atoms with E-state index in [2.05, 4.69) is 26.2 Å². The van der Waals surface area contributed by atoms with Gasteiger partial charge in [-0.05, 0) is 41.0 Å². The second-order valence-corrected chi connectivity index (χ2v) is 8.03. The average Bonchev–Trinajstić information content (AvgIpc) is 3.17. The molecule has 1 aliphatic heterocycles. The minimum atomic E-state index is 0. The molecule has 1 aliphatic rings. The predicted octanol–water partition coefficient (Wildman–Crippen LogP) is 3.49. The molecule has 1 unspecified atom stereocenters. The Balaban J connectivity index is 0.00000161. The highest BCUT2D eigenvalue weighted by Crippen LogP contribution is 2.33. The van der Waals surface area contributed by atoms with Crippen molar-refractivity contribution in [3.63, 3.8) is 0 Å². The maximum Gasteiger partial charge on any atom is 0.273 e. The largest absolute Gasteiger partial charge is 0.336 e. The van der Waals surface area contributed by atoms with Gasteiger partial charge in [-0.3, -0.25) is 4.79 Å². The fourth-order valence-electron chi connectivity index (χ4n) is 2.23. The Kier molecular flexibility index (Phi) is 5.79. The lowest BCUT2D eigenvalue weighted by molar-refractivity contribution is 0.0739. The summed E-state index contributed by atoms with van der Waals surface area (Å²) in [5.41, 5.74) is 0.545. The fraction of sp³-hybridized carbons (Fsp3) is 0.385. The van der Waals surface area contributed by atoms with Gasteiger partial charge in [-0.1, -0.05) is 0 Å². The number of hydrogen-bond acceptors (Lipinski definition) is 5. The molecule has 1 atom stereocenters. The molecule has 3 heterocycles. The molecule has 1 amide bonds. The Labute approximate surface area is 146 Å².